The maximum absolute atomic E-state index is 13.6. The molecule has 7 nitrogen and oxygen atoms in total. The molecule has 0 saturated carbocycles. The number of benzene rings is 3. The van der Waals surface area contributed by atoms with E-state index < -0.39 is 18.1 Å². The second-order valence-corrected chi connectivity index (χ2v) is 7.65. The Bertz CT molecular complexity index is 1170. The minimum Gasteiger partial charge on any atom is -0.497 e. The molecule has 2 amide bonds. The molecule has 3 aromatic rings. The highest BCUT2D eigenvalue weighted by molar-refractivity contribution is 6.24. The largest absolute Gasteiger partial charge is 0.497 e. The monoisotopic (exact) mass is 430 g/mol. The molecule has 5 rings (SSSR count). The number of imide groups is 1. The van der Waals surface area contributed by atoms with Crippen LogP contribution in [0.4, 0.5) is 11.4 Å². The van der Waals surface area contributed by atoms with Crippen LogP contribution in [0.25, 0.3) is 0 Å². The maximum Gasteiger partial charge on any atom is 0.266 e. The molecule has 0 N–H and O–H groups in total. The molecule has 2 aliphatic heterocycles. The average molecular weight is 430 g/mol. The van der Waals surface area contributed by atoms with Gasteiger partial charge in [-0.3, -0.25) is 14.4 Å². The number of hydrogen-bond acceptors (Lipinski definition) is 6. The van der Waals surface area contributed by atoms with E-state index in [1.165, 1.54) is 4.90 Å². The Balaban J connectivity index is 1.59. The molecule has 0 aromatic heterocycles. The van der Waals surface area contributed by atoms with Gasteiger partial charge in [-0.15, -0.1) is 0 Å². The van der Waals surface area contributed by atoms with Crippen molar-refractivity contribution in [2.24, 2.45) is 5.92 Å². The number of carbonyl (C=O) groups is 2. The molecular formula is C25H22N2O5. The zero-order valence-electron chi connectivity index (χ0n) is 17.7. The Morgan fingerprint density at radius 1 is 0.750 bits per heavy atom. The molecule has 0 spiro atoms. The third-order valence-electron chi connectivity index (χ3n) is 5.87. The number of nitrogens with zero attached hydrogens (tertiary/aromatic N) is 2. The lowest BCUT2D eigenvalue weighted by molar-refractivity contribution is -0.126. The fourth-order valence-corrected chi connectivity index (χ4v) is 4.38. The van der Waals surface area contributed by atoms with Crippen LogP contribution in [-0.2, 0) is 14.4 Å². The van der Waals surface area contributed by atoms with E-state index in [2.05, 4.69) is 0 Å². The number of carbonyl (C=O) groups excluding carboxylic acids is 2. The minimum absolute atomic E-state index is 0.306. The highest BCUT2D eigenvalue weighted by Gasteiger charge is 2.60. The Kier molecular flexibility index (Phi) is 5.03. The number of ether oxygens (including phenoxy) is 2. The predicted octanol–water partition coefficient (Wildman–Crippen LogP) is 3.75. The second-order valence-electron chi connectivity index (χ2n) is 7.65. The normalized spacial score (nSPS) is 22.2. The van der Waals surface area contributed by atoms with Gasteiger partial charge < -0.3 is 9.47 Å². The number of hydrogen-bond donors (Lipinski definition) is 0. The SMILES string of the molecule is COc1cccc([C@H]2[C@H]3C(=O)N(c4cccc(OC)c4)C(=O)[C@@H]3ON2c2ccccc2)c1. The van der Waals surface area contributed by atoms with E-state index in [-0.39, 0.29) is 11.8 Å². The summed E-state index contributed by atoms with van der Waals surface area (Å²) in [5.41, 5.74) is 2.06. The molecule has 0 unspecified atom stereocenters. The van der Waals surface area contributed by atoms with Crippen molar-refractivity contribution < 1.29 is 23.9 Å². The summed E-state index contributed by atoms with van der Waals surface area (Å²) >= 11 is 0. The van der Waals surface area contributed by atoms with Crippen LogP contribution in [0.15, 0.2) is 78.9 Å². The molecular weight excluding hydrogens is 408 g/mol. The Labute approximate surface area is 185 Å². The first-order valence-electron chi connectivity index (χ1n) is 10.3. The molecule has 2 heterocycles. The van der Waals surface area contributed by atoms with Crippen LogP contribution in [0, 0.1) is 5.92 Å². The van der Waals surface area contributed by atoms with Crippen molar-refractivity contribution in [2.45, 2.75) is 12.1 Å². The lowest BCUT2D eigenvalue weighted by Gasteiger charge is -2.29. The van der Waals surface area contributed by atoms with Crippen LogP contribution < -0.4 is 19.4 Å². The van der Waals surface area contributed by atoms with Gasteiger partial charge in [0, 0.05) is 6.07 Å². The van der Waals surface area contributed by atoms with E-state index >= 15 is 0 Å². The zero-order valence-corrected chi connectivity index (χ0v) is 17.7. The van der Waals surface area contributed by atoms with Gasteiger partial charge in [-0.2, -0.15) is 0 Å². The fraction of sp³-hybridized carbons (Fsp3) is 0.200. The van der Waals surface area contributed by atoms with E-state index in [4.69, 9.17) is 14.3 Å². The minimum atomic E-state index is -0.926. The molecule has 7 heteroatoms. The molecule has 0 radical (unpaired) electrons. The van der Waals surface area contributed by atoms with Gasteiger partial charge in [-0.1, -0.05) is 36.4 Å². The van der Waals surface area contributed by atoms with E-state index in [1.54, 1.807) is 43.5 Å². The summed E-state index contributed by atoms with van der Waals surface area (Å²) < 4.78 is 10.7. The summed E-state index contributed by atoms with van der Waals surface area (Å²) in [5, 5.41) is 1.67. The van der Waals surface area contributed by atoms with Gasteiger partial charge in [0.1, 0.15) is 17.4 Å². The quantitative estimate of drug-likeness (QED) is 0.575. The van der Waals surface area contributed by atoms with Crippen molar-refractivity contribution in [3.8, 4) is 11.5 Å². The molecule has 2 saturated heterocycles. The van der Waals surface area contributed by atoms with Gasteiger partial charge in [0.25, 0.3) is 5.91 Å². The van der Waals surface area contributed by atoms with Gasteiger partial charge in [-0.05, 0) is 42.0 Å². The molecule has 162 valence electrons. The lowest BCUT2D eigenvalue weighted by atomic mass is 9.90. The van der Waals surface area contributed by atoms with E-state index in [1.807, 2.05) is 54.6 Å². The smallest absolute Gasteiger partial charge is 0.266 e. The molecule has 0 aliphatic carbocycles. The average Bonchev–Trinajstić information content (AvgIpc) is 3.35. The van der Waals surface area contributed by atoms with Crippen LogP contribution in [-0.4, -0.2) is 32.1 Å². The zero-order chi connectivity index (χ0) is 22.2. The Morgan fingerprint density at radius 2 is 1.41 bits per heavy atom. The standard InChI is InChI=1S/C25H22N2O5/c1-30-19-12-6-8-16(14-19)22-21-23(32-27(22)17-9-4-3-5-10-17)25(29)26(24(21)28)18-11-7-13-20(15-18)31-2/h3-15,21-23H,1-2H3/t21-,22+,23-/m1/s1. The molecule has 2 aliphatic rings. The molecule has 32 heavy (non-hydrogen) atoms. The third-order valence-corrected chi connectivity index (χ3v) is 5.87. The van der Waals surface area contributed by atoms with Crippen molar-refractivity contribution in [1.29, 1.82) is 0 Å². The van der Waals surface area contributed by atoms with Gasteiger partial charge >= 0.3 is 0 Å². The summed E-state index contributed by atoms with van der Waals surface area (Å²) in [7, 11) is 3.14. The van der Waals surface area contributed by atoms with Crippen LogP contribution >= 0.6 is 0 Å². The van der Waals surface area contributed by atoms with Crippen molar-refractivity contribution in [3.05, 3.63) is 84.4 Å². The first-order valence-corrected chi connectivity index (χ1v) is 10.3. The molecule has 3 aromatic carbocycles. The van der Waals surface area contributed by atoms with E-state index in [0.29, 0.717) is 17.2 Å². The van der Waals surface area contributed by atoms with Crippen LogP contribution in [0.2, 0.25) is 0 Å². The van der Waals surface area contributed by atoms with E-state index in [0.717, 1.165) is 11.3 Å². The van der Waals surface area contributed by atoms with E-state index in [9.17, 15) is 9.59 Å². The summed E-state index contributed by atoms with van der Waals surface area (Å²) in [6.45, 7) is 0. The number of methoxy groups -OCH3 is 2. The Hall–Kier alpha value is -3.84. The maximum atomic E-state index is 13.6. The van der Waals surface area contributed by atoms with Crippen LogP contribution in [0.1, 0.15) is 11.6 Å². The number of hydroxylamine groups is 1. The number of fused-ring (bicyclic) bond motifs is 1. The molecule has 3 atom stereocenters. The molecule has 2 fully saturated rings. The first-order chi connectivity index (χ1) is 15.6. The Morgan fingerprint density at radius 3 is 2.12 bits per heavy atom. The van der Waals surface area contributed by atoms with Gasteiger partial charge in [0.05, 0.1) is 31.6 Å². The summed E-state index contributed by atoms with van der Waals surface area (Å²) in [5.74, 6) is -0.170. The van der Waals surface area contributed by atoms with Crippen LogP contribution in [0.3, 0.4) is 0 Å². The summed E-state index contributed by atoms with van der Waals surface area (Å²) in [4.78, 5) is 34.4. The summed E-state index contributed by atoms with van der Waals surface area (Å²) in [6.07, 6.45) is -0.926. The number of para-hydroxylation sites is 1. The first kappa shape index (κ1) is 20.1. The van der Waals surface area contributed by atoms with Crippen molar-refractivity contribution in [3.63, 3.8) is 0 Å². The van der Waals surface area contributed by atoms with Gasteiger partial charge in [-0.25, -0.2) is 9.96 Å². The van der Waals surface area contributed by atoms with Crippen LogP contribution in [0.5, 0.6) is 11.5 Å². The number of anilines is 2. The number of amides is 2. The fourth-order valence-electron chi connectivity index (χ4n) is 4.38. The second kappa shape index (κ2) is 8.01. The lowest BCUT2D eigenvalue weighted by Crippen LogP contribution is -2.37. The number of rotatable bonds is 5. The van der Waals surface area contributed by atoms with Crippen molar-refractivity contribution >= 4 is 23.2 Å². The highest BCUT2D eigenvalue weighted by Crippen LogP contribution is 2.48. The molecule has 0 bridgehead atoms. The van der Waals surface area contributed by atoms with Gasteiger partial charge in [0.2, 0.25) is 5.91 Å². The summed E-state index contributed by atoms with van der Waals surface area (Å²) in [6, 6.07) is 23.4. The van der Waals surface area contributed by atoms with Gasteiger partial charge in [0.15, 0.2) is 6.10 Å². The van der Waals surface area contributed by atoms with Crippen molar-refractivity contribution in [2.75, 3.05) is 24.2 Å². The third kappa shape index (κ3) is 3.18. The van der Waals surface area contributed by atoms with Crippen molar-refractivity contribution in [1.82, 2.24) is 0 Å². The highest BCUT2D eigenvalue weighted by atomic mass is 16.7. The topological polar surface area (TPSA) is 68.3 Å². The predicted molar refractivity (Wildman–Crippen MR) is 119 cm³/mol.